The van der Waals surface area contributed by atoms with Crippen LogP contribution in [-0.2, 0) is 0 Å². The summed E-state index contributed by atoms with van der Waals surface area (Å²) in [6, 6.07) is 8.56. The molecule has 0 aliphatic rings. The lowest BCUT2D eigenvalue weighted by molar-refractivity contribution is 1.32. The lowest BCUT2D eigenvalue weighted by atomic mass is 10.2. The first kappa shape index (κ1) is 32.8. The van der Waals surface area contributed by atoms with Crippen molar-refractivity contribution in [2.45, 2.75) is 96.9 Å². The Morgan fingerprint density at radius 1 is 0.379 bits per heavy atom. The van der Waals surface area contributed by atoms with Gasteiger partial charge in [0.05, 0.1) is 0 Å². The van der Waals surface area contributed by atoms with E-state index < -0.39 is 0 Å². The second kappa shape index (κ2) is 20.4. The smallest absolute Gasteiger partial charge is 0.00489 e. The Hall–Kier alpha value is -0.900. The van der Waals surface area contributed by atoms with Gasteiger partial charge < -0.3 is 0 Å². The highest BCUT2D eigenvalue weighted by atomic mass is 32.1. The quantitative estimate of drug-likeness (QED) is 0.317. The summed E-state index contributed by atoms with van der Waals surface area (Å²) in [5.74, 6) is 0. The molecule has 0 N–H and O–H groups in total. The van der Waals surface area contributed by atoms with Gasteiger partial charge in [-0.15, -0.1) is 34.0 Å². The highest BCUT2D eigenvalue weighted by molar-refractivity contribution is 7.12. The van der Waals surface area contributed by atoms with Crippen molar-refractivity contribution >= 4 is 34.0 Å². The highest BCUT2D eigenvalue weighted by Gasteiger charge is 2.02. The molecule has 0 amide bonds. The predicted octanol–water partition coefficient (Wildman–Crippen LogP) is 10.8. The van der Waals surface area contributed by atoms with Gasteiger partial charge in [-0.1, -0.05) is 41.5 Å². The molecule has 3 aromatic rings. The second-order valence-electron chi connectivity index (χ2n) is 5.78. The van der Waals surface area contributed by atoms with E-state index in [9.17, 15) is 0 Å². The number of aryl methyl sites for hydroxylation is 6. The topological polar surface area (TPSA) is 0 Å². The summed E-state index contributed by atoms with van der Waals surface area (Å²) in [7, 11) is 0. The standard InChI is InChI=1S/C8H12S.2C6H8S.3C2H6/c1-5-6(2)8(4)9-7(5)3;2*1-5-3-4-6(2)7-5;3*1-2/h1-4H3;2*3-4H,1-2H3;3*1-2H3. The van der Waals surface area contributed by atoms with Crippen LogP contribution in [0.15, 0.2) is 24.3 Å². The van der Waals surface area contributed by atoms with Crippen LogP contribution in [-0.4, -0.2) is 0 Å². The van der Waals surface area contributed by atoms with Crippen LogP contribution in [0.2, 0.25) is 0 Å². The van der Waals surface area contributed by atoms with Crippen molar-refractivity contribution in [2.75, 3.05) is 0 Å². The zero-order valence-corrected chi connectivity index (χ0v) is 24.0. The molecule has 0 aromatic carbocycles. The molecule has 0 aliphatic carbocycles. The summed E-state index contributed by atoms with van der Waals surface area (Å²) in [4.78, 5) is 8.53. The van der Waals surface area contributed by atoms with E-state index in [1.54, 1.807) is 0 Å². The van der Waals surface area contributed by atoms with Crippen LogP contribution in [0.1, 0.15) is 81.9 Å². The summed E-state index contributed by atoms with van der Waals surface area (Å²) < 4.78 is 0. The predicted molar refractivity (Wildman–Crippen MR) is 145 cm³/mol. The van der Waals surface area contributed by atoms with Crippen molar-refractivity contribution in [3.8, 4) is 0 Å². The van der Waals surface area contributed by atoms with E-state index in [0.717, 1.165) is 0 Å². The fraction of sp³-hybridized carbons (Fsp3) is 0.538. The van der Waals surface area contributed by atoms with Gasteiger partial charge in [-0.05, 0) is 90.8 Å². The van der Waals surface area contributed by atoms with Crippen molar-refractivity contribution < 1.29 is 0 Å². The molecule has 29 heavy (non-hydrogen) atoms. The van der Waals surface area contributed by atoms with E-state index in [1.807, 2.05) is 75.6 Å². The van der Waals surface area contributed by atoms with E-state index in [4.69, 9.17) is 0 Å². The summed E-state index contributed by atoms with van der Waals surface area (Å²) in [6.45, 7) is 29.2. The molecule has 0 fully saturated rings. The first-order chi connectivity index (χ1) is 13.7. The molecule has 0 atom stereocenters. The van der Waals surface area contributed by atoms with Crippen molar-refractivity contribution in [3.63, 3.8) is 0 Å². The lowest BCUT2D eigenvalue weighted by Crippen LogP contribution is -1.73. The average Bonchev–Trinajstić information content (AvgIpc) is 3.37. The van der Waals surface area contributed by atoms with E-state index in [1.165, 1.54) is 40.4 Å². The maximum absolute atomic E-state index is 2.19. The monoisotopic (exact) mass is 454 g/mol. The third kappa shape index (κ3) is 15.6. The van der Waals surface area contributed by atoms with E-state index in [-0.39, 0.29) is 0 Å². The van der Waals surface area contributed by atoms with Crippen LogP contribution in [0.5, 0.6) is 0 Å². The minimum absolute atomic E-state index is 1.40. The second-order valence-corrected chi connectivity index (χ2v) is 10.2. The molecule has 3 heteroatoms. The van der Waals surface area contributed by atoms with Gasteiger partial charge >= 0.3 is 0 Å². The van der Waals surface area contributed by atoms with Gasteiger partial charge in [0.15, 0.2) is 0 Å². The molecular formula is C26H46S3. The third-order valence-corrected chi connectivity index (χ3v) is 6.73. The minimum Gasteiger partial charge on any atom is -0.146 e. The normalized spacial score (nSPS) is 8.34. The van der Waals surface area contributed by atoms with Crippen molar-refractivity contribution in [1.82, 2.24) is 0 Å². The van der Waals surface area contributed by atoms with Gasteiger partial charge in [-0.25, -0.2) is 0 Å². The molecule has 0 saturated heterocycles. The Bertz CT molecular complexity index is 633. The Labute approximate surface area is 195 Å². The maximum atomic E-state index is 2.19. The number of hydrogen-bond donors (Lipinski definition) is 0. The van der Waals surface area contributed by atoms with Crippen LogP contribution in [0.4, 0.5) is 0 Å². The van der Waals surface area contributed by atoms with Crippen molar-refractivity contribution in [2.24, 2.45) is 0 Å². The van der Waals surface area contributed by atoms with Gasteiger partial charge in [0.25, 0.3) is 0 Å². The van der Waals surface area contributed by atoms with Crippen molar-refractivity contribution in [1.29, 1.82) is 0 Å². The summed E-state index contributed by atoms with van der Waals surface area (Å²) in [5.41, 5.74) is 2.94. The molecule has 0 nitrogen and oxygen atoms in total. The molecule has 0 aliphatic heterocycles. The SMILES string of the molecule is CC.CC.CC.Cc1ccc(C)s1.Cc1ccc(C)s1.Cc1sc(C)c(C)c1C. The summed E-state index contributed by atoms with van der Waals surface area (Å²) in [6.07, 6.45) is 0. The Kier molecular flexibility index (Phi) is 23.0. The van der Waals surface area contributed by atoms with Gasteiger partial charge in [0.2, 0.25) is 0 Å². The molecule has 168 valence electrons. The average molecular weight is 455 g/mol. The van der Waals surface area contributed by atoms with Gasteiger partial charge in [0, 0.05) is 29.3 Å². The molecule has 0 unspecified atom stereocenters. The van der Waals surface area contributed by atoms with Gasteiger partial charge in [-0.3, -0.25) is 0 Å². The zero-order valence-electron chi connectivity index (χ0n) is 21.5. The third-order valence-electron chi connectivity index (χ3n) is 3.67. The zero-order chi connectivity index (χ0) is 23.6. The van der Waals surface area contributed by atoms with Crippen LogP contribution in [0, 0.1) is 55.4 Å². The molecule has 0 bridgehead atoms. The molecule has 0 radical (unpaired) electrons. The number of thiophene rings is 3. The van der Waals surface area contributed by atoms with Crippen molar-refractivity contribution in [3.05, 3.63) is 64.7 Å². The Morgan fingerprint density at radius 2 is 0.586 bits per heavy atom. The molecule has 3 rings (SSSR count). The van der Waals surface area contributed by atoms with Crippen LogP contribution in [0.3, 0.4) is 0 Å². The summed E-state index contributed by atoms with van der Waals surface area (Å²) in [5, 5.41) is 0. The maximum Gasteiger partial charge on any atom is 0.00489 e. The number of rotatable bonds is 0. The molecule has 3 heterocycles. The van der Waals surface area contributed by atoms with E-state index >= 15 is 0 Å². The van der Waals surface area contributed by atoms with E-state index in [2.05, 4.69) is 79.7 Å². The van der Waals surface area contributed by atoms with Crippen LogP contribution in [0.25, 0.3) is 0 Å². The largest absolute Gasteiger partial charge is 0.146 e. The minimum atomic E-state index is 1.40. The highest BCUT2D eigenvalue weighted by Crippen LogP contribution is 2.24. The Balaban J connectivity index is -0.000000311. The number of hydrogen-bond acceptors (Lipinski definition) is 3. The first-order valence-corrected chi connectivity index (χ1v) is 13.2. The fourth-order valence-electron chi connectivity index (χ4n) is 2.02. The first-order valence-electron chi connectivity index (χ1n) is 10.8. The molecule has 0 spiro atoms. The summed E-state index contributed by atoms with van der Waals surface area (Å²) >= 11 is 5.58. The lowest BCUT2D eigenvalue weighted by Gasteiger charge is -1.88. The molecular weight excluding hydrogens is 408 g/mol. The molecule has 3 aromatic heterocycles. The van der Waals surface area contributed by atoms with Gasteiger partial charge in [-0.2, -0.15) is 0 Å². The van der Waals surface area contributed by atoms with E-state index in [0.29, 0.717) is 0 Å². The fourth-order valence-corrected chi connectivity index (χ4v) is 4.66. The van der Waals surface area contributed by atoms with Gasteiger partial charge in [0.1, 0.15) is 0 Å². The molecule has 0 saturated carbocycles. The Morgan fingerprint density at radius 3 is 0.655 bits per heavy atom. The van der Waals surface area contributed by atoms with Crippen LogP contribution >= 0.6 is 34.0 Å². The van der Waals surface area contributed by atoms with Crippen LogP contribution < -0.4 is 0 Å².